The van der Waals surface area contributed by atoms with E-state index in [4.69, 9.17) is 17.3 Å². The van der Waals surface area contributed by atoms with Crippen molar-refractivity contribution in [3.63, 3.8) is 0 Å². The smallest absolute Gasteiger partial charge is 0.191 e. The molecule has 0 aliphatic carbocycles. The zero-order valence-electron chi connectivity index (χ0n) is 9.45. The molecular weight excluding hydrogens is 275 g/mol. The number of halogens is 2. The number of thioether (sulfide) groups is 1. The van der Waals surface area contributed by atoms with Gasteiger partial charge in [-0.25, -0.2) is 14.4 Å². The van der Waals surface area contributed by atoms with Gasteiger partial charge in [0.2, 0.25) is 0 Å². The van der Waals surface area contributed by atoms with Gasteiger partial charge in [0, 0.05) is 11.1 Å². The summed E-state index contributed by atoms with van der Waals surface area (Å²) in [7, 11) is 0. The molecule has 0 unspecified atom stereocenters. The number of rotatable bonds is 3. The second-order valence-electron chi connectivity index (χ2n) is 3.41. The molecule has 0 aliphatic rings. The maximum absolute atomic E-state index is 13.5. The van der Waals surface area contributed by atoms with Gasteiger partial charge in [0.1, 0.15) is 17.5 Å². The summed E-state index contributed by atoms with van der Waals surface area (Å²) in [5.74, 6) is 0.328. The minimum Gasteiger partial charge on any atom is -0.383 e. The lowest BCUT2D eigenvalue weighted by atomic mass is 10.3. The third-order valence-electron chi connectivity index (χ3n) is 2.10. The average molecular weight is 285 g/mol. The molecule has 0 fully saturated rings. The van der Waals surface area contributed by atoms with Crippen molar-refractivity contribution in [3.8, 4) is 0 Å². The van der Waals surface area contributed by atoms with Crippen LogP contribution in [0.3, 0.4) is 0 Å². The van der Waals surface area contributed by atoms with Crippen LogP contribution in [0.1, 0.15) is 0 Å². The average Bonchev–Trinajstić information content (AvgIpc) is 2.33. The summed E-state index contributed by atoms with van der Waals surface area (Å²) in [4.78, 5) is 8.17. The van der Waals surface area contributed by atoms with Gasteiger partial charge in [0.25, 0.3) is 0 Å². The lowest BCUT2D eigenvalue weighted by Gasteiger charge is -2.08. The summed E-state index contributed by atoms with van der Waals surface area (Å²) in [6.07, 6.45) is 1.83. The lowest BCUT2D eigenvalue weighted by Crippen LogP contribution is -2.01. The normalized spacial score (nSPS) is 10.4. The second kappa shape index (κ2) is 5.41. The van der Waals surface area contributed by atoms with Crippen LogP contribution < -0.4 is 11.1 Å². The topological polar surface area (TPSA) is 63.8 Å². The second-order valence-corrected chi connectivity index (χ2v) is 4.62. The van der Waals surface area contributed by atoms with Crippen LogP contribution in [0.15, 0.2) is 29.4 Å². The minimum absolute atomic E-state index is 0.243. The molecule has 0 bridgehead atoms. The van der Waals surface area contributed by atoms with Gasteiger partial charge in [-0.2, -0.15) is 0 Å². The van der Waals surface area contributed by atoms with Gasteiger partial charge in [-0.3, -0.25) is 0 Å². The molecule has 0 aliphatic heterocycles. The van der Waals surface area contributed by atoms with Gasteiger partial charge in [-0.15, -0.1) is 0 Å². The minimum atomic E-state index is -0.415. The summed E-state index contributed by atoms with van der Waals surface area (Å²) in [5, 5.41) is 3.77. The van der Waals surface area contributed by atoms with Gasteiger partial charge in [0.05, 0.1) is 5.69 Å². The van der Waals surface area contributed by atoms with E-state index in [9.17, 15) is 4.39 Å². The Balaban J connectivity index is 2.33. The number of nitrogens with one attached hydrogen (secondary N) is 1. The molecule has 1 heterocycles. The molecule has 1 aromatic carbocycles. The molecule has 0 saturated carbocycles. The van der Waals surface area contributed by atoms with Crippen molar-refractivity contribution in [2.45, 2.75) is 5.16 Å². The van der Waals surface area contributed by atoms with Gasteiger partial charge in [-0.1, -0.05) is 23.4 Å². The molecule has 94 valence electrons. The van der Waals surface area contributed by atoms with Crippen LogP contribution >= 0.6 is 23.4 Å². The Kier molecular flexibility index (Phi) is 3.88. The summed E-state index contributed by atoms with van der Waals surface area (Å²) < 4.78 is 13.5. The van der Waals surface area contributed by atoms with Crippen LogP contribution in [-0.4, -0.2) is 16.2 Å². The van der Waals surface area contributed by atoms with E-state index in [0.29, 0.717) is 21.8 Å². The Morgan fingerprint density at radius 1 is 1.33 bits per heavy atom. The summed E-state index contributed by atoms with van der Waals surface area (Å²) in [6, 6.07) is 5.77. The molecule has 0 spiro atoms. The van der Waals surface area contributed by atoms with Crippen molar-refractivity contribution >= 4 is 40.7 Å². The fourth-order valence-electron chi connectivity index (χ4n) is 1.33. The molecule has 0 radical (unpaired) electrons. The number of nitrogen functional groups attached to an aromatic ring is 1. The van der Waals surface area contributed by atoms with Crippen LogP contribution in [0.4, 0.5) is 21.7 Å². The van der Waals surface area contributed by atoms with E-state index in [1.54, 1.807) is 0 Å². The molecule has 0 amide bonds. The zero-order chi connectivity index (χ0) is 13.1. The predicted molar refractivity (Wildman–Crippen MR) is 72.9 cm³/mol. The largest absolute Gasteiger partial charge is 0.383 e. The molecule has 3 N–H and O–H groups in total. The Hall–Kier alpha value is -1.53. The van der Waals surface area contributed by atoms with Crippen LogP contribution in [0, 0.1) is 5.82 Å². The van der Waals surface area contributed by atoms with Crippen LogP contribution in [-0.2, 0) is 0 Å². The number of hydrogen-bond donors (Lipinski definition) is 2. The number of nitrogens with zero attached hydrogens (tertiary/aromatic N) is 2. The number of aromatic nitrogens is 2. The molecule has 4 nitrogen and oxygen atoms in total. The molecular formula is C11H10ClFN4S. The van der Waals surface area contributed by atoms with E-state index < -0.39 is 5.82 Å². The third kappa shape index (κ3) is 3.02. The van der Waals surface area contributed by atoms with Crippen molar-refractivity contribution in [2.24, 2.45) is 0 Å². The quantitative estimate of drug-likeness (QED) is 0.669. The maximum Gasteiger partial charge on any atom is 0.191 e. The van der Waals surface area contributed by atoms with Crippen molar-refractivity contribution in [3.05, 3.63) is 35.1 Å². The first kappa shape index (κ1) is 12.9. The maximum atomic E-state index is 13.5. The number of benzene rings is 1. The molecule has 2 aromatic rings. The highest BCUT2D eigenvalue weighted by Crippen LogP contribution is 2.24. The summed E-state index contributed by atoms with van der Waals surface area (Å²) in [5.41, 5.74) is 5.88. The zero-order valence-corrected chi connectivity index (χ0v) is 11.0. The molecule has 1 aromatic heterocycles. The Morgan fingerprint density at radius 3 is 2.83 bits per heavy atom. The highest BCUT2D eigenvalue weighted by molar-refractivity contribution is 7.98. The monoisotopic (exact) mass is 284 g/mol. The summed E-state index contributed by atoms with van der Waals surface area (Å²) in [6.45, 7) is 0. The third-order valence-corrected chi connectivity index (χ3v) is 2.88. The fourth-order valence-corrected chi connectivity index (χ4v) is 1.89. The van der Waals surface area contributed by atoms with Crippen molar-refractivity contribution in [1.29, 1.82) is 0 Å². The van der Waals surface area contributed by atoms with Crippen LogP contribution in [0.2, 0.25) is 5.02 Å². The van der Waals surface area contributed by atoms with Gasteiger partial charge in [0.15, 0.2) is 5.16 Å². The van der Waals surface area contributed by atoms with Crippen molar-refractivity contribution in [1.82, 2.24) is 9.97 Å². The van der Waals surface area contributed by atoms with E-state index in [-0.39, 0.29) is 5.69 Å². The highest BCUT2D eigenvalue weighted by Gasteiger charge is 2.06. The molecule has 0 saturated heterocycles. The number of nitrogens with two attached hydrogens (primary N) is 1. The van der Waals surface area contributed by atoms with E-state index >= 15 is 0 Å². The number of hydrogen-bond acceptors (Lipinski definition) is 5. The first-order valence-electron chi connectivity index (χ1n) is 4.99. The number of anilines is 3. The van der Waals surface area contributed by atoms with E-state index in [1.165, 1.54) is 36.0 Å². The standard InChI is InChI=1S/C11H10ClFN4S/c1-18-11-16-9(14)5-10(17-11)15-8-4-6(12)2-3-7(8)13/h2-5H,1H3,(H3,14,15,16,17). The van der Waals surface area contributed by atoms with E-state index in [2.05, 4.69) is 15.3 Å². The Bertz CT molecular complexity index is 579. The molecule has 7 heteroatoms. The van der Waals surface area contributed by atoms with E-state index in [0.717, 1.165) is 0 Å². The van der Waals surface area contributed by atoms with Crippen LogP contribution in [0.25, 0.3) is 0 Å². The molecule has 18 heavy (non-hydrogen) atoms. The molecule has 0 atom stereocenters. The van der Waals surface area contributed by atoms with Gasteiger partial charge < -0.3 is 11.1 Å². The van der Waals surface area contributed by atoms with E-state index in [1.807, 2.05) is 6.26 Å². The Labute approximate surface area is 113 Å². The van der Waals surface area contributed by atoms with Gasteiger partial charge in [-0.05, 0) is 24.5 Å². The predicted octanol–water partition coefficient (Wildman–Crippen LogP) is 3.32. The SMILES string of the molecule is CSc1nc(N)cc(Nc2cc(Cl)ccc2F)n1. The van der Waals surface area contributed by atoms with Gasteiger partial charge >= 0.3 is 0 Å². The first-order chi connectivity index (χ1) is 8.58. The van der Waals surface area contributed by atoms with Crippen molar-refractivity contribution in [2.75, 3.05) is 17.3 Å². The van der Waals surface area contributed by atoms with Crippen molar-refractivity contribution < 1.29 is 4.39 Å². The first-order valence-corrected chi connectivity index (χ1v) is 6.59. The fraction of sp³-hybridized carbons (Fsp3) is 0.0909. The lowest BCUT2D eigenvalue weighted by molar-refractivity contribution is 0.631. The van der Waals surface area contributed by atoms with Crippen LogP contribution in [0.5, 0.6) is 0 Å². The summed E-state index contributed by atoms with van der Waals surface area (Å²) >= 11 is 7.16. The highest BCUT2D eigenvalue weighted by atomic mass is 35.5. The molecule has 2 rings (SSSR count). The Morgan fingerprint density at radius 2 is 2.11 bits per heavy atom.